The zero-order valence-corrected chi connectivity index (χ0v) is 28.2. The standard InChI is InChI=1S/C34H35BrClF2N7O2/c35-11-2-6-27(46)45-15-14-43(19-23(45)9-12-39)32-25-17-40-30(24-4-1-5-26(36)28(24)21-7-8-21)29(38)31(25)41-33(42-32)47-20-34-10-3-13-44(34)18-22(37)16-34/h1-2,4-6,17,21-23H,3,7-11,13-16,18-20H2/b6-2+/t22-,23+,34+/m1/s1. The topological polar surface area (TPSA) is 98.5 Å². The number of carbonyl (C=O) groups is 1. The van der Waals surface area contributed by atoms with Crippen LogP contribution in [0.15, 0.2) is 36.5 Å². The molecule has 1 amide bonds. The minimum Gasteiger partial charge on any atom is -0.461 e. The number of nitriles is 1. The second-order valence-electron chi connectivity index (χ2n) is 12.9. The van der Waals surface area contributed by atoms with Crippen molar-refractivity contribution >= 4 is 50.2 Å². The van der Waals surface area contributed by atoms with Gasteiger partial charge in [-0.3, -0.25) is 14.7 Å². The molecular formula is C34H35BrClF2N7O2. The van der Waals surface area contributed by atoms with Gasteiger partial charge < -0.3 is 14.5 Å². The highest BCUT2D eigenvalue weighted by Crippen LogP contribution is 2.48. The van der Waals surface area contributed by atoms with Crippen LogP contribution >= 0.6 is 27.5 Å². The van der Waals surface area contributed by atoms with Gasteiger partial charge in [0.2, 0.25) is 5.91 Å². The van der Waals surface area contributed by atoms with E-state index in [9.17, 15) is 14.4 Å². The molecule has 3 aromatic rings. The Morgan fingerprint density at radius 1 is 1.23 bits per heavy atom. The monoisotopic (exact) mass is 725 g/mol. The van der Waals surface area contributed by atoms with Crippen molar-refractivity contribution in [1.82, 2.24) is 24.8 Å². The number of fused-ring (bicyclic) bond motifs is 2. The Balaban J connectivity index is 1.29. The molecule has 3 aliphatic heterocycles. The van der Waals surface area contributed by atoms with Crippen molar-refractivity contribution in [3.05, 3.63) is 53.0 Å². The van der Waals surface area contributed by atoms with Gasteiger partial charge in [0.1, 0.15) is 29.8 Å². The van der Waals surface area contributed by atoms with Crippen LogP contribution in [-0.2, 0) is 4.79 Å². The van der Waals surface area contributed by atoms with Crippen molar-refractivity contribution in [2.24, 2.45) is 0 Å². The molecule has 1 aromatic carbocycles. The first kappa shape index (κ1) is 32.2. The van der Waals surface area contributed by atoms with Crippen LogP contribution < -0.4 is 9.64 Å². The predicted octanol–water partition coefficient (Wildman–Crippen LogP) is 6.20. The quantitative estimate of drug-likeness (QED) is 0.190. The van der Waals surface area contributed by atoms with E-state index >= 15 is 4.39 Å². The predicted molar refractivity (Wildman–Crippen MR) is 179 cm³/mol. The fourth-order valence-electron chi connectivity index (χ4n) is 7.55. The van der Waals surface area contributed by atoms with Gasteiger partial charge in [0.05, 0.1) is 29.5 Å². The van der Waals surface area contributed by atoms with Gasteiger partial charge in [-0.15, -0.1) is 0 Å². The number of hydrogen-bond donors (Lipinski definition) is 0. The van der Waals surface area contributed by atoms with E-state index in [4.69, 9.17) is 21.3 Å². The average molecular weight is 727 g/mol. The van der Waals surface area contributed by atoms with Gasteiger partial charge in [-0.1, -0.05) is 45.7 Å². The minimum absolute atomic E-state index is 0.00353. The lowest BCUT2D eigenvalue weighted by atomic mass is 9.95. The van der Waals surface area contributed by atoms with Gasteiger partial charge in [0.15, 0.2) is 5.82 Å². The normalized spacial score (nSPS) is 24.7. The molecule has 1 aliphatic carbocycles. The van der Waals surface area contributed by atoms with Crippen LogP contribution in [0.4, 0.5) is 14.6 Å². The number of halogens is 4. The van der Waals surface area contributed by atoms with Crippen LogP contribution in [0.5, 0.6) is 6.01 Å². The number of alkyl halides is 2. The molecule has 246 valence electrons. The molecule has 3 atom stereocenters. The van der Waals surface area contributed by atoms with E-state index in [1.54, 1.807) is 23.2 Å². The highest BCUT2D eigenvalue weighted by Gasteiger charge is 2.49. The Morgan fingerprint density at radius 2 is 2.09 bits per heavy atom. The third-order valence-corrected chi connectivity index (χ3v) is 10.6. The summed E-state index contributed by atoms with van der Waals surface area (Å²) in [6.07, 6.45) is 8.13. The molecule has 1 saturated carbocycles. The molecule has 5 heterocycles. The van der Waals surface area contributed by atoms with Crippen LogP contribution in [-0.4, -0.2) is 93.1 Å². The number of allylic oxidation sites excluding steroid dienone is 1. The molecule has 4 aliphatic rings. The lowest BCUT2D eigenvalue weighted by Crippen LogP contribution is -2.55. The number of carbonyl (C=O) groups excluding carboxylic acids is 1. The van der Waals surface area contributed by atoms with Gasteiger partial charge in [-0.05, 0) is 55.9 Å². The molecule has 9 nitrogen and oxygen atoms in total. The molecule has 7 rings (SSSR count). The van der Waals surface area contributed by atoms with E-state index in [-0.39, 0.29) is 42.1 Å². The maximum Gasteiger partial charge on any atom is 0.319 e. The first-order valence-corrected chi connectivity index (χ1v) is 17.6. The average Bonchev–Trinajstić information content (AvgIpc) is 3.76. The van der Waals surface area contributed by atoms with E-state index in [0.29, 0.717) is 59.7 Å². The fraction of sp³-hybridized carbons (Fsp3) is 0.500. The highest BCUT2D eigenvalue weighted by molar-refractivity contribution is 9.09. The van der Waals surface area contributed by atoms with Crippen molar-refractivity contribution in [1.29, 1.82) is 5.26 Å². The van der Waals surface area contributed by atoms with Gasteiger partial charge >= 0.3 is 6.01 Å². The van der Waals surface area contributed by atoms with Crippen molar-refractivity contribution in [2.75, 3.05) is 49.6 Å². The molecule has 2 aromatic heterocycles. The number of pyridine rings is 1. The molecule has 3 saturated heterocycles. The number of rotatable bonds is 9. The number of hydrogen-bond acceptors (Lipinski definition) is 8. The van der Waals surface area contributed by atoms with Gasteiger partial charge in [-0.2, -0.15) is 15.2 Å². The zero-order valence-electron chi connectivity index (χ0n) is 25.8. The fourth-order valence-corrected chi connectivity index (χ4v) is 8.07. The SMILES string of the molecule is N#CC[C@H]1CN(c2nc(OC[C@@]34CCCN3C[C@H](F)C4)nc3c(F)c(-c4cccc(Cl)c4C4CC4)ncc23)CCN1C(=O)/C=C/CBr. The summed E-state index contributed by atoms with van der Waals surface area (Å²) in [6.45, 7) is 2.43. The summed E-state index contributed by atoms with van der Waals surface area (Å²) >= 11 is 9.91. The van der Waals surface area contributed by atoms with E-state index < -0.39 is 23.6 Å². The summed E-state index contributed by atoms with van der Waals surface area (Å²) < 4.78 is 37.5. The summed E-state index contributed by atoms with van der Waals surface area (Å²) in [7, 11) is 0. The number of benzene rings is 1. The Kier molecular flexibility index (Phi) is 9.06. The smallest absolute Gasteiger partial charge is 0.319 e. The van der Waals surface area contributed by atoms with Gasteiger partial charge in [0, 0.05) is 54.7 Å². The third kappa shape index (κ3) is 6.18. The second kappa shape index (κ2) is 13.2. The Labute approximate surface area is 285 Å². The first-order valence-electron chi connectivity index (χ1n) is 16.1. The number of nitrogens with zero attached hydrogens (tertiary/aromatic N) is 7. The number of amides is 1. The van der Waals surface area contributed by atoms with Crippen LogP contribution in [0.3, 0.4) is 0 Å². The largest absolute Gasteiger partial charge is 0.461 e. The highest BCUT2D eigenvalue weighted by atomic mass is 79.9. The van der Waals surface area contributed by atoms with Gasteiger partial charge in [-0.25, -0.2) is 8.78 Å². The van der Waals surface area contributed by atoms with Gasteiger partial charge in [0.25, 0.3) is 0 Å². The summed E-state index contributed by atoms with van der Waals surface area (Å²) in [4.78, 5) is 32.7. The zero-order chi connectivity index (χ0) is 32.7. The minimum atomic E-state index is -0.920. The molecule has 4 fully saturated rings. The summed E-state index contributed by atoms with van der Waals surface area (Å²) in [5.41, 5.74) is 1.31. The maximum absolute atomic E-state index is 16.7. The van der Waals surface area contributed by atoms with Crippen LogP contribution in [0, 0.1) is 17.1 Å². The number of aromatic nitrogens is 3. The molecule has 0 unspecified atom stereocenters. The number of piperazine rings is 1. The molecule has 0 radical (unpaired) electrons. The molecular weight excluding hydrogens is 692 g/mol. The lowest BCUT2D eigenvalue weighted by molar-refractivity contribution is -0.128. The van der Waals surface area contributed by atoms with E-state index in [1.807, 2.05) is 17.0 Å². The van der Waals surface area contributed by atoms with Crippen molar-refractivity contribution in [2.45, 2.75) is 62.2 Å². The van der Waals surface area contributed by atoms with E-state index in [0.717, 1.165) is 37.8 Å². The summed E-state index contributed by atoms with van der Waals surface area (Å²) in [5.74, 6) is -0.101. The number of anilines is 1. The Morgan fingerprint density at radius 3 is 2.87 bits per heavy atom. The molecule has 0 bridgehead atoms. The molecule has 0 spiro atoms. The van der Waals surface area contributed by atoms with Crippen LogP contribution in [0.25, 0.3) is 22.2 Å². The molecule has 47 heavy (non-hydrogen) atoms. The van der Waals surface area contributed by atoms with E-state index in [2.05, 4.69) is 36.9 Å². The van der Waals surface area contributed by atoms with E-state index in [1.165, 1.54) is 6.08 Å². The lowest BCUT2D eigenvalue weighted by Gasteiger charge is -2.41. The Hall–Kier alpha value is -3.40. The van der Waals surface area contributed by atoms with Crippen LogP contribution in [0.1, 0.15) is 50.0 Å². The van der Waals surface area contributed by atoms with Crippen molar-refractivity contribution in [3.63, 3.8) is 0 Å². The second-order valence-corrected chi connectivity index (χ2v) is 14.0. The number of ether oxygens (including phenoxy) is 1. The summed E-state index contributed by atoms with van der Waals surface area (Å²) in [6, 6.07) is 7.24. The molecule has 0 N–H and O–H groups in total. The summed E-state index contributed by atoms with van der Waals surface area (Å²) in [5, 5.41) is 11.1. The van der Waals surface area contributed by atoms with Crippen molar-refractivity contribution in [3.8, 4) is 23.3 Å². The third-order valence-electron chi connectivity index (χ3n) is 9.91. The Bertz CT molecular complexity index is 1770. The maximum atomic E-state index is 16.7. The first-order chi connectivity index (χ1) is 22.8. The van der Waals surface area contributed by atoms with Crippen LogP contribution in [0.2, 0.25) is 5.02 Å². The molecule has 13 heteroatoms. The van der Waals surface area contributed by atoms with Crippen molar-refractivity contribution < 1.29 is 18.3 Å².